The lowest BCUT2D eigenvalue weighted by molar-refractivity contribution is -0.143. The number of nitrogens with one attached hydrogen (secondary N) is 1. The number of alkyl halides is 6. The van der Waals surface area contributed by atoms with E-state index in [1.807, 2.05) is 32.0 Å². The van der Waals surface area contributed by atoms with Crippen LogP contribution in [0.3, 0.4) is 0 Å². The zero-order valence-electron chi connectivity index (χ0n) is 26.9. The molecule has 1 N–H and O–H groups in total. The van der Waals surface area contributed by atoms with E-state index in [4.69, 9.17) is 9.47 Å². The van der Waals surface area contributed by atoms with E-state index in [1.54, 1.807) is 14.0 Å². The van der Waals surface area contributed by atoms with Crippen LogP contribution in [0.4, 0.5) is 31.1 Å². The fourth-order valence-corrected chi connectivity index (χ4v) is 6.54. The number of nitrogens with zero attached hydrogens (tertiary/aromatic N) is 4. The van der Waals surface area contributed by atoms with Crippen molar-refractivity contribution in [3.05, 3.63) is 75.6 Å². The maximum atomic E-state index is 13.6. The van der Waals surface area contributed by atoms with Crippen LogP contribution in [0, 0.1) is 5.41 Å². The standard InChI is InChI=1S/C33H37F6N5O3/c1-18-27(20-12-22(32(34,35)36)14-23(13-20)33(37,38)39)47-29(45)44(18)17-21-16-30(2,3)10-9-24(21)25-11-19(7-8-26(25)46-6)15-31(4,5)28-40-42-43-41-28/h7-8,11-14,18,27H,9-10,15-17H2,1-6H3,(H,40,41,42,43)/t18-,27?/m0/s1. The molecule has 0 bridgehead atoms. The van der Waals surface area contributed by atoms with Crippen LogP contribution in [0.5, 0.6) is 5.75 Å². The van der Waals surface area contributed by atoms with Gasteiger partial charge in [-0.2, -0.15) is 31.6 Å². The van der Waals surface area contributed by atoms with Gasteiger partial charge in [-0.05, 0) is 90.6 Å². The first-order chi connectivity index (χ1) is 21.8. The van der Waals surface area contributed by atoms with Crippen molar-refractivity contribution in [2.24, 2.45) is 5.41 Å². The highest BCUT2D eigenvalue weighted by molar-refractivity contribution is 5.77. The Hall–Kier alpha value is -4.10. The summed E-state index contributed by atoms with van der Waals surface area (Å²) in [6, 6.07) is 6.35. The maximum absolute atomic E-state index is 13.6. The normalized spacial score (nSPS) is 20.5. The number of benzene rings is 2. The lowest BCUT2D eigenvalue weighted by Gasteiger charge is -2.36. The Bertz CT molecular complexity index is 1630. The predicted octanol–water partition coefficient (Wildman–Crippen LogP) is 8.31. The van der Waals surface area contributed by atoms with Crippen LogP contribution in [0.15, 0.2) is 42.0 Å². The van der Waals surface area contributed by atoms with Crippen LogP contribution in [-0.4, -0.2) is 51.3 Å². The molecular formula is C33H37F6N5O3. The number of halogens is 6. The topological polar surface area (TPSA) is 93.2 Å². The fraction of sp³-hybridized carbons (Fsp3) is 0.515. The maximum Gasteiger partial charge on any atom is 0.416 e. The molecule has 1 aliphatic carbocycles. The van der Waals surface area contributed by atoms with E-state index < -0.39 is 47.1 Å². The highest BCUT2D eigenvalue weighted by atomic mass is 19.4. The minimum absolute atomic E-state index is 0.0642. The summed E-state index contributed by atoms with van der Waals surface area (Å²) < 4.78 is 92.8. The van der Waals surface area contributed by atoms with Crippen molar-refractivity contribution in [2.45, 2.75) is 90.2 Å². The molecule has 2 aromatic carbocycles. The zero-order chi connectivity index (χ0) is 34.5. The van der Waals surface area contributed by atoms with Gasteiger partial charge in [0.15, 0.2) is 5.82 Å². The SMILES string of the molecule is COc1ccc(CC(C)(C)c2nn[nH]n2)cc1C1=C(CN2C(=O)OC(c3cc(C(F)(F)F)cc(C(F)(F)F)c3)[C@@H]2C)CC(C)(C)CC1. The van der Waals surface area contributed by atoms with Gasteiger partial charge in [-0.3, -0.25) is 4.90 Å². The molecule has 8 nitrogen and oxygen atoms in total. The van der Waals surface area contributed by atoms with Crippen molar-refractivity contribution in [2.75, 3.05) is 13.7 Å². The van der Waals surface area contributed by atoms with Crippen LogP contribution in [0.2, 0.25) is 0 Å². The van der Waals surface area contributed by atoms with Crippen molar-refractivity contribution in [3.8, 4) is 5.75 Å². The van der Waals surface area contributed by atoms with E-state index in [9.17, 15) is 31.1 Å². The Morgan fingerprint density at radius 1 is 1.04 bits per heavy atom. The number of tetrazole rings is 1. The summed E-state index contributed by atoms with van der Waals surface area (Å²) >= 11 is 0. The molecular weight excluding hydrogens is 628 g/mol. The van der Waals surface area contributed by atoms with Gasteiger partial charge in [0.1, 0.15) is 11.9 Å². The van der Waals surface area contributed by atoms with Crippen molar-refractivity contribution >= 4 is 11.7 Å². The van der Waals surface area contributed by atoms with E-state index in [0.717, 1.165) is 28.7 Å². The van der Waals surface area contributed by atoms with Crippen LogP contribution in [-0.2, 0) is 28.9 Å². The van der Waals surface area contributed by atoms with Gasteiger partial charge in [0.05, 0.1) is 24.3 Å². The van der Waals surface area contributed by atoms with Gasteiger partial charge < -0.3 is 9.47 Å². The molecule has 3 aromatic rings. The first-order valence-corrected chi connectivity index (χ1v) is 15.2. The molecule has 0 radical (unpaired) electrons. The summed E-state index contributed by atoms with van der Waals surface area (Å²) in [4.78, 5) is 14.6. The molecule has 5 rings (SSSR count). The van der Waals surface area contributed by atoms with E-state index >= 15 is 0 Å². The molecule has 1 aromatic heterocycles. The third kappa shape index (κ3) is 7.25. The van der Waals surface area contributed by atoms with Crippen molar-refractivity contribution in [1.29, 1.82) is 0 Å². The number of H-pyrrole nitrogens is 1. The highest BCUT2D eigenvalue weighted by Crippen LogP contribution is 2.47. The number of methoxy groups -OCH3 is 1. The monoisotopic (exact) mass is 665 g/mol. The molecule has 47 heavy (non-hydrogen) atoms. The molecule has 254 valence electrons. The molecule has 1 saturated heterocycles. The number of allylic oxidation sites excluding steroid dienone is 1. The third-order valence-electron chi connectivity index (χ3n) is 9.05. The molecule has 1 aliphatic heterocycles. The number of aromatic amines is 1. The van der Waals surface area contributed by atoms with Gasteiger partial charge in [0, 0.05) is 17.5 Å². The minimum Gasteiger partial charge on any atom is -0.496 e. The number of hydrogen-bond acceptors (Lipinski definition) is 6. The zero-order valence-corrected chi connectivity index (χ0v) is 26.9. The average molecular weight is 666 g/mol. The van der Waals surface area contributed by atoms with Gasteiger partial charge >= 0.3 is 18.4 Å². The summed E-state index contributed by atoms with van der Waals surface area (Å²) in [5, 5.41) is 14.5. The number of hydrogen-bond donors (Lipinski definition) is 1. The molecule has 2 heterocycles. The first-order valence-electron chi connectivity index (χ1n) is 15.2. The van der Waals surface area contributed by atoms with E-state index in [-0.39, 0.29) is 23.6 Å². The van der Waals surface area contributed by atoms with Crippen LogP contribution < -0.4 is 4.74 Å². The molecule has 14 heteroatoms. The Morgan fingerprint density at radius 2 is 1.70 bits per heavy atom. The molecule has 1 unspecified atom stereocenters. The Morgan fingerprint density at radius 3 is 2.28 bits per heavy atom. The Kier molecular flexibility index (Phi) is 8.86. The van der Waals surface area contributed by atoms with Crippen molar-refractivity contribution < 1.29 is 40.6 Å². The summed E-state index contributed by atoms with van der Waals surface area (Å²) in [7, 11) is 1.57. The van der Waals surface area contributed by atoms with E-state index in [2.05, 4.69) is 34.5 Å². The van der Waals surface area contributed by atoms with Crippen LogP contribution in [0.1, 0.15) is 93.6 Å². The third-order valence-corrected chi connectivity index (χ3v) is 9.05. The lowest BCUT2D eigenvalue weighted by Crippen LogP contribution is -2.35. The lowest BCUT2D eigenvalue weighted by atomic mass is 9.72. The summed E-state index contributed by atoms with van der Waals surface area (Å²) in [6.45, 7) is 9.89. The fourth-order valence-electron chi connectivity index (χ4n) is 6.54. The average Bonchev–Trinajstić information content (AvgIpc) is 3.61. The summed E-state index contributed by atoms with van der Waals surface area (Å²) in [6.07, 6.45) is -9.49. The number of aromatic nitrogens is 4. The van der Waals surface area contributed by atoms with Gasteiger partial charge in [0.25, 0.3) is 0 Å². The summed E-state index contributed by atoms with van der Waals surface area (Å²) in [5.41, 5.74) is -0.124. The number of carbonyl (C=O) groups excluding carboxylic acids is 1. The second-order valence-electron chi connectivity index (χ2n) is 13.8. The quantitative estimate of drug-likeness (QED) is 0.243. The first kappa shape index (κ1) is 34.2. The van der Waals surface area contributed by atoms with Crippen LogP contribution in [0.25, 0.3) is 5.57 Å². The van der Waals surface area contributed by atoms with Crippen molar-refractivity contribution in [3.63, 3.8) is 0 Å². The van der Waals surface area contributed by atoms with Gasteiger partial charge in [0.2, 0.25) is 0 Å². The largest absolute Gasteiger partial charge is 0.496 e. The predicted molar refractivity (Wildman–Crippen MR) is 160 cm³/mol. The second-order valence-corrected chi connectivity index (χ2v) is 13.8. The Labute approximate surface area is 268 Å². The highest BCUT2D eigenvalue weighted by Gasteiger charge is 2.44. The Balaban J connectivity index is 1.51. The number of cyclic esters (lactones) is 1. The minimum atomic E-state index is -5.02. The molecule has 0 saturated carbocycles. The van der Waals surface area contributed by atoms with Gasteiger partial charge in [-0.15, -0.1) is 10.2 Å². The van der Waals surface area contributed by atoms with E-state index in [1.165, 1.54) is 4.90 Å². The summed E-state index contributed by atoms with van der Waals surface area (Å²) in [5.74, 6) is 1.20. The van der Waals surface area contributed by atoms with Gasteiger partial charge in [-0.25, -0.2) is 4.79 Å². The molecule has 1 amide bonds. The smallest absolute Gasteiger partial charge is 0.416 e. The number of carbonyl (C=O) groups is 1. The van der Waals surface area contributed by atoms with Crippen molar-refractivity contribution in [1.82, 2.24) is 25.5 Å². The number of ether oxygens (including phenoxy) is 2. The molecule has 2 atom stereocenters. The number of amides is 1. The number of rotatable bonds is 8. The van der Waals surface area contributed by atoms with Gasteiger partial charge in [-0.1, -0.05) is 39.0 Å². The van der Waals surface area contributed by atoms with Crippen LogP contribution >= 0.6 is 0 Å². The van der Waals surface area contributed by atoms with E-state index in [0.29, 0.717) is 43.0 Å². The molecule has 0 spiro atoms. The molecule has 2 aliphatic rings. The second kappa shape index (κ2) is 12.2. The molecule has 1 fully saturated rings.